The van der Waals surface area contributed by atoms with E-state index in [0.717, 1.165) is 24.4 Å². The molecule has 0 aliphatic heterocycles. The largest absolute Gasteiger partial charge is 0.388 e. The van der Waals surface area contributed by atoms with Crippen LogP contribution in [0.15, 0.2) is 36.9 Å². The predicted molar refractivity (Wildman–Crippen MR) is 65.4 cm³/mol. The summed E-state index contributed by atoms with van der Waals surface area (Å²) in [6.45, 7) is 3.07. The zero-order valence-electron chi connectivity index (χ0n) is 9.95. The number of hydrogen-bond acceptors (Lipinski definition) is 3. The van der Waals surface area contributed by atoms with E-state index in [2.05, 4.69) is 21.5 Å². The van der Waals surface area contributed by atoms with E-state index in [1.54, 1.807) is 18.6 Å². The molecule has 1 atom stereocenters. The highest BCUT2D eigenvalue weighted by molar-refractivity contribution is 5.14. The van der Waals surface area contributed by atoms with Crippen molar-refractivity contribution in [3.8, 4) is 0 Å². The van der Waals surface area contributed by atoms with E-state index in [0.29, 0.717) is 6.42 Å². The third-order valence-corrected chi connectivity index (χ3v) is 2.73. The van der Waals surface area contributed by atoms with Crippen LogP contribution in [-0.4, -0.2) is 19.6 Å². The molecule has 2 heterocycles. The summed E-state index contributed by atoms with van der Waals surface area (Å²) in [7, 11) is 0. The van der Waals surface area contributed by atoms with Crippen LogP contribution in [0.4, 0.5) is 0 Å². The summed E-state index contributed by atoms with van der Waals surface area (Å²) in [5, 5.41) is 10.1. The zero-order valence-corrected chi connectivity index (χ0v) is 9.95. The van der Waals surface area contributed by atoms with Gasteiger partial charge in [-0.15, -0.1) is 0 Å². The second-order valence-corrected chi connectivity index (χ2v) is 4.04. The minimum absolute atomic E-state index is 0.518. The number of pyridine rings is 1. The van der Waals surface area contributed by atoms with E-state index in [-0.39, 0.29) is 0 Å². The van der Waals surface area contributed by atoms with Crippen LogP contribution in [-0.2, 0) is 13.0 Å². The standard InChI is InChI=1S/C13H17N3O/c1-2-8-16-9-7-15-13(16)10-12(17)11-3-5-14-6-4-11/h3-7,9,12,17H,2,8,10H2,1H3. The van der Waals surface area contributed by atoms with Crippen LogP contribution < -0.4 is 0 Å². The maximum Gasteiger partial charge on any atom is 0.111 e. The van der Waals surface area contributed by atoms with Crippen LogP contribution in [0.1, 0.15) is 30.8 Å². The molecule has 17 heavy (non-hydrogen) atoms. The van der Waals surface area contributed by atoms with Crippen molar-refractivity contribution in [2.45, 2.75) is 32.4 Å². The first-order valence-electron chi connectivity index (χ1n) is 5.89. The molecular formula is C13H17N3O. The highest BCUT2D eigenvalue weighted by Crippen LogP contribution is 2.16. The fourth-order valence-corrected chi connectivity index (χ4v) is 1.85. The lowest BCUT2D eigenvalue weighted by Crippen LogP contribution is -2.08. The molecule has 0 radical (unpaired) electrons. The fraction of sp³-hybridized carbons (Fsp3) is 0.385. The maximum atomic E-state index is 10.1. The molecule has 1 unspecified atom stereocenters. The number of aliphatic hydroxyl groups excluding tert-OH is 1. The Labute approximate surface area is 101 Å². The van der Waals surface area contributed by atoms with Crippen molar-refractivity contribution in [1.29, 1.82) is 0 Å². The topological polar surface area (TPSA) is 50.9 Å². The normalized spacial score (nSPS) is 12.6. The smallest absolute Gasteiger partial charge is 0.111 e. The lowest BCUT2D eigenvalue weighted by atomic mass is 10.1. The Morgan fingerprint density at radius 2 is 2.06 bits per heavy atom. The lowest BCUT2D eigenvalue weighted by Gasteiger charge is -2.11. The van der Waals surface area contributed by atoms with Crippen molar-refractivity contribution in [3.63, 3.8) is 0 Å². The Morgan fingerprint density at radius 3 is 2.76 bits per heavy atom. The van der Waals surface area contributed by atoms with Crippen molar-refractivity contribution < 1.29 is 5.11 Å². The van der Waals surface area contributed by atoms with E-state index >= 15 is 0 Å². The van der Waals surface area contributed by atoms with Crippen molar-refractivity contribution >= 4 is 0 Å². The molecule has 0 fully saturated rings. The molecule has 0 bridgehead atoms. The zero-order chi connectivity index (χ0) is 12.1. The van der Waals surface area contributed by atoms with Crippen LogP contribution in [0, 0.1) is 0 Å². The van der Waals surface area contributed by atoms with E-state index in [1.807, 2.05) is 18.3 Å². The van der Waals surface area contributed by atoms with Crippen LogP contribution >= 0.6 is 0 Å². The minimum atomic E-state index is -0.518. The highest BCUT2D eigenvalue weighted by Gasteiger charge is 2.11. The van der Waals surface area contributed by atoms with Gasteiger partial charge in [-0.05, 0) is 24.1 Å². The number of aromatic nitrogens is 3. The van der Waals surface area contributed by atoms with E-state index in [9.17, 15) is 5.11 Å². The third kappa shape index (κ3) is 2.91. The number of imidazole rings is 1. The molecule has 4 heteroatoms. The van der Waals surface area contributed by atoms with Gasteiger partial charge in [-0.2, -0.15) is 0 Å². The Balaban J connectivity index is 2.08. The molecule has 0 aromatic carbocycles. The van der Waals surface area contributed by atoms with Crippen LogP contribution in [0.3, 0.4) is 0 Å². The Hall–Kier alpha value is -1.68. The van der Waals surface area contributed by atoms with Gasteiger partial charge in [0.05, 0.1) is 6.10 Å². The van der Waals surface area contributed by atoms with Crippen molar-refractivity contribution in [2.24, 2.45) is 0 Å². The number of aryl methyl sites for hydroxylation is 1. The molecule has 0 spiro atoms. The van der Waals surface area contributed by atoms with E-state index in [4.69, 9.17) is 0 Å². The average molecular weight is 231 g/mol. The second-order valence-electron chi connectivity index (χ2n) is 4.04. The summed E-state index contributed by atoms with van der Waals surface area (Å²) in [4.78, 5) is 8.23. The summed E-state index contributed by atoms with van der Waals surface area (Å²) in [6, 6.07) is 3.66. The molecule has 0 amide bonds. The van der Waals surface area contributed by atoms with Crippen LogP contribution in [0.5, 0.6) is 0 Å². The van der Waals surface area contributed by atoms with Gasteiger partial charge in [0.1, 0.15) is 5.82 Å². The first kappa shape index (κ1) is 11.8. The molecule has 0 saturated heterocycles. The molecule has 90 valence electrons. The first-order valence-corrected chi connectivity index (χ1v) is 5.89. The predicted octanol–water partition coefficient (Wildman–Crippen LogP) is 1.96. The Morgan fingerprint density at radius 1 is 1.29 bits per heavy atom. The fourth-order valence-electron chi connectivity index (χ4n) is 1.85. The average Bonchev–Trinajstić information content (AvgIpc) is 2.78. The van der Waals surface area contributed by atoms with Crippen molar-refractivity contribution in [2.75, 3.05) is 0 Å². The Bertz CT molecular complexity index is 453. The number of hydrogen-bond donors (Lipinski definition) is 1. The van der Waals surface area contributed by atoms with Gasteiger partial charge in [0.25, 0.3) is 0 Å². The number of nitrogens with zero attached hydrogens (tertiary/aromatic N) is 3. The van der Waals surface area contributed by atoms with Crippen molar-refractivity contribution in [1.82, 2.24) is 14.5 Å². The molecule has 2 aromatic heterocycles. The van der Waals surface area contributed by atoms with Gasteiger partial charge in [0.2, 0.25) is 0 Å². The minimum Gasteiger partial charge on any atom is -0.388 e. The molecule has 2 rings (SSSR count). The maximum absolute atomic E-state index is 10.1. The number of aliphatic hydroxyl groups is 1. The summed E-state index contributed by atoms with van der Waals surface area (Å²) >= 11 is 0. The summed E-state index contributed by atoms with van der Waals surface area (Å²) in [5.41, 5.74) is 0.881. The first-order chi connectivity index (χ1) is 8.31. The quantitative estimate of drug-likeness (QED) is 0.855. The molecule has 0 saturated carbocycles. The van der Waals surface area contributed by atoms with Gasteiger partial charge in [-0.3, -0.25) is 4.98 Å². The van der Waals surface area contributed by atoms with E-state index in [1.165, 1.54) is 0 Å². The van der Waals surface area contributed by atoms with Gasteiger partial charge < -0.3 is 9.67 Å². The molecular weight excluding hydrogens is 214 g/mol. The summed E-state index contributed by atoms with van der Waals surface area (Å²) < 4.78 is 2.09. The highest BCUT2D eigenvalue weighted by atomic mass is 16.3. The molecule has 1 N–H and O–H groups in total. The Kier molecular flexibility index (Phi) is 3.88. The summed E-state index contributed by atoms with van der Waals surface area (Å²) in [6.07, 6.45) is 8.21. The van der Waals surface area contributed by atoms with Crippen LogP contribution in [0.2, 0.25) is 0 Å². The van der Waals surface area contributed by atoms with Gasteiger partial charge in [0.15, 0.2) is 0 Å². The SMILES string of the molecule is CCCn1ccnc1CC(O)c1ccncc1. The molecule has 0 aliphatic rings. The van der Waals surface area contributed by atoms with Crippen LogP contribution in [0.25, 0.3) is 0 Å². The van der Waals surface area contributed by atoms with Gasteiger partial charge in [-0.25, -0.2) is 4.98 Å². The van der Waals surface area contributed by atoms with Gasteiger partial charge >= 0.3 is 0 Å². The molecule has 2 aromatic rings. The second kappa shape index (κ2) is 5.59. The monoisotopic (exact) mass is 231 g/mol. The van der Waals surface area contributed by atoms with E-state index < -0.39 is 6.10 Å². The van der Waals surface area contributed by atoms with Crippen molar-refractivity contribution in [3.05, 3.63) is 48.3 Å². The van der Waals surface area contributed by atoms with Gasteiger partial charge in [0, 0.05) is 37.8 Å². The third-order valence-electron chi connectivity index (χ3n) is 2.73. The number of rotatable bonds is 5. The van der Waals surface area contributed by atoms with Gasteiger partial charge in [-0.1, -0.05) is 6.92 Å². The lowest BCUT2D eigenvalue weighted by molar-refractivity contribution is 0.174. The molecule has 0 aliphatic carbocycles. The summed E-state index contributed by atoms with van der Waals surface area (Å²) in [5.74, 6) is 0.927. The molecule has 4 nitrogen and oxygen atoms in total.